The summed E-state index contributed by atoms with van der Waals surface area (Å²) in [6, 6.07) is 8.87. The highest BCUT2D eigenvalue weighted by molar-refractivity contribution is 7.98. The first-order valence-electron chi connectivity index (χ1n) is 5.75. The van der Waals surface area contributed by atoms with Crippen molar-refractivity contribution >= 4 is 44.8 Å². The number of hydrogen-bond donors (Lipinski definition) is 2. The topological polar surface area (TPSA) is 72.2 Å². The van der Waals surface area contributed by atoms with E-state index in [0.717, 1.165) is 17.0 Å². The summed E-state index contributed by atoms with van der Waals surface area (Å²) in [4.78, 5) is 0.401. The maximum absolute atomic E-state index is 13.9. The summed E-state index contributed by atoms with van der Waals surface area (Å²) < 4.78 is 40.6. The Bertz CT molecular complexity index is 764. The van der Waals surface area contributed by atoms with Gasteiger partial charge in [-0.25, -0.2) is 12.8 Å². The maximum atomic E-state index is 13.9. The fraction of sp³-hybridized carbons (Fsp3) is 0.0769. The molecular formula is C13H12ClFN2O2S2. The van der Waals surface area contributed by atoms with Crippen molar-refractivity contribution in [2.75, 3.05) is 16.7 Å². The lowest BCUT2D eigenvalue weighted by molar-refractivity contribution is 0.573. The number of benzene rings is 2. The number of anilines is 2. The van der Waals surface area contributed by atoms with Gasteiger partial charge in [0.25, 0.3) is 10.0 Å². The van der Waals surface area contributed by atoms with E-state index in [2.05, 4.69) is 4.72 Å². The largest absolute Gasteiger partial charge is 0.396 e. The summed E-state index contributed by atoms with van der Waals surface area (Å²) in [6.07, 6.45) is 1.91. The molecule has 0 heterocycles. The number of nitrogens with one attached hydrogen (secondary N) is 1. The minimum Gasteiger partial charge on any atom is -0.396 e. The fourth-order valence-electron chi connectivity index (χ4n) is 1.65. The van der Waals surface area contributed by atoms with Crippen LogP contribution in [0.15, 0.2) is 46.2 Å². The van der Waals surface area contributed by atoms with Gasteiger partial charge in [-0.05, 0) is 42.7 Å². The zero-order valence-electron chi connectivity index (χ0n) is 10.9. The minimum atomic E-state index is -4.10. The molecule has 0 aliphatic rings. The molecule has 0 fully saturated rings. The van der Waals surface area contributed by atoms with Crippen molar-refractivity contribution in [3.8, 4) is 0 Å². The predicted molar refractivity (Wildman–Crippen MR) is 84.9 cm³/mol. The van der Waals surface area contributed by atoms with Crippen LogP contribution in [0.1, 0.15) is 0 Å². The van der Waals surface area contributed by atoms with E-state index in [1.165, 1.54) is 11.8 Å². The van der Waals surface area contributed by atoms with Crippen LogP contribution in [-0.4, -0.2) is 14.7 Å². The average Bonchev–Trinajstić information content (AvgIpc) is 2.43. The Morgan fingerprint density at radius 3 is 2.43 bits per heavy atom. The first-order valence-corrected chi connectivity index (χ1v) is 8.83. The van der Waals surface area contributed by atoms with Crippen molar-refractivity contribution in [3.05, 3.63) is 47.2 Å². The molecule has 8 heteroatoms. The second kappa shape index (κ2) is 6.13. The summed E-state index contributed by atoms with van der Waals surface area (Å²) in [6.45, 7) is 0. The van der Waals surface area contributed by atoms with Gasteiger partial charge in [0.1, 0.15) is 4.90 Å². The van der Waals surface area contributed by atoms with Gasteiger partial charge in [0.2, 0.25) is 0 Å². The molecule has 112 valence electrons. The quantitative estimate of drug-likeness (QED) is 0.655. The van der Waals surface area contributed by atoms with Gasteiger partial charge in [-0.3, -0.25) is 4.72 Å². The van der Waals surface area contributed by atoms with Gasteiger partial charge in [-0.2, -0.15) is 0 Å². The van der Waals surface area contributed by atoms with E-state index in [9.17, 15) is 12.8 Å². The molecule has 2 aromatic rings. The molecule has 3 N–H and O–H groups in total. The maximum Gasteiger partial charge on any atom is 0.264 e. The average molecular weight is 347 g/mol. The normalized spacial score (nSPS) is 11.4. The van der Waals surface area contributed by atoms with Gasteiger partial charge < -0.3 is 5.73 Å². The number of nitrogens with two attached hydrogens (primary N) is 1. The van der Waals surface area contributed by atoms with E-state index >= 15 is 0 Å². The monoisotopic (exact) mass is 346 g/mol. The van der Waals surface area contributed by atoms with Crippen molar-refractivity contribution in [3.63, 3.8) is 0 Å². The van der Waals surface area contributed by atoms with E-state index in [1.807, 2.05) is 6.26 Å². The second-order valence-electron chi connectivity index (χ2n) is 4.14. The Balaban J connectivity index is 2.38. The molecule has 0 unspecified atom stereocenters. The van der Waals surface area contributed by atoms with Crippen molar-refractivity contribution in [1.82, 2.24) is 0 Å². The van der Waals surface area contributed by atoms with Gasteiger partial charge in [0.15, 0.2) is 5.82 Å². The van der Waals surface area contributed by atoms with Crippen molar-refractivity contribution < 1.29 is 12.8 Å². The van der Waals surface area contributed by atoms with E-state index in [1.54, 1.807) is 24.3 Å². The number of rotatable bonds is 4. The van der Waals surface area contributed by atoms with E-state index in [0.29, 0.717) is 5.69 Å². The Morgan fingerprint density at radius 2 is 1.86 bits per heavy atom. The lowest BCUT2D eigenvalue weighted by Gasteiger charge is -2.11. The van der Waals surface area contributed by atoms with Crippen LogP contribution >= 0.6 is 23.4 Å². The van der Waals surface area contributed by atoms with Crippen LogP contribution in [0, 0.1) is 5.82 Å². The van der Waals surface area contributed by atoms with Gasteiger partial charge in [-0.15, -0.1) is 11.8 Å². The summed E-state index contributed by atoms with van der Waals surface area (Å²) in [5.74, 6) is -1.02. The molecular weight excluding hydrogens is 335 g/mol. The summed E-state index contributed by atoms with van der Waals surface area (Å²) in [5.41, 5.74) is 5.40. The Hall–Kier alpha value is -1.44. The molecule has 0 aliphatic heterocycles. The second-order valence-corrected chi connectivity index (χ2v) is 7.11. The molecule has 2 aromatic carbocycles. The van der Waals surface area contributed by atoms with Crippen LogP contribution in [-0.2, 0) is 10.0 Å². The Labute approximate surface area is 131 Å². The smallest absolute Gasteiger partial charge is 0.264 e. The molecule has 2 rings (SSSR count). The highest BCUT2D eigenvalue weighted by atomic mass is 35.5. The third-order valence-electron chi connectivity index (χ3n) is 2.66. The highest BCUT2D eigenvalue weighted by Gasteiger charge is 2.22. The zero-order chi connectivity index (χ0) is 15.6. The predicted octanol–water partition coefficient (Wildman–Crippen LogP) is 3.58. The minimum absolute atomic E-state index is 0.0482. The van der Waals surface area contributed by atoms with Crippen LogP contribution in [0.4, 0.5) is 15.8 Å². The SMILES string of the molecule is CSc1ccc(NS(=O)(=O)c2cc(Cl)cc(N)c2F)cc1. The molecule has 0 saturated heterocycles. The van der Waals surface area contributed by atoms with E-state index < -0.39 is 20.7 Å². The summed E-state index contributed by atoms with van der Waals surface area (Å²) in [7, 11) is -4.10. The summed E-state index contributed by atoms with van der Waals surface area (Å²) >= 11 is 7.26. The van der Waals surface area contributed by atoms with Crippen LogP contribution in [0.5, 0.6) is 0 Å². The van der Waals surface area contributed by atoms with Crippen LogP contribution in [0.25, 0.3) is 0 Å². The van der Waals surface area contributed by atoms with E-state index in [-0.39, 0.29) is 10.7 Å². The highest BCUT2D eigenvalue weighted by Crippen LogP contribution is 2.27. The third kappa shape index (κ3) is 3.61. The molecule has 21 heavy (non-hydrogen) atoms. The Kier molecular flexibility index (Phi) is 4.65. The van der Waals surface area contributed by atoms with Crippen molar-refractivity contribution in [2.45, 2.75) is 9.79 Å². The lowest BCUT2D eigenvalue weighted by Crippen LogP contribution is -2.15. The van der Waals surface area contributed by atoms with Gasteiger partial charge in [0, 0.05) is 15.6 Å². The first kappa shape index (κ1) is 15.9. The third-order valence-corrected chi connectivity index (χ3v) is 5.01. The van der Waals surface area contributed by atoms with Crippen LogP contribution in [0.2, 0.25) is 5.02 Å². The lowest BCUT2D eigenvalue weighted by atomic mass is 10.3. The molecule has 4 nitrogen and oxygen atoms in total. The number of sulfonamides is 1. The molecule has 0 amide bonds. The Morgan fingerprint density at radius 1 is 1.24 bits per heavy atom. The molecule has 0 saturated carbocycles. The molecule has 0 aromatic heterocycles. The molecule has 0 spiro atoms. The van der Waals surface area contributed by atoms with Crippen molar-refractivity contribution in [1.29, 1.82) is 0 Å². The number of thioether (sulfide) groups is 1. The summed E-state index contributed by atoms with van der Waals surface area (Å²) in [5, 5.41) is 0.0482. The van der Waals surface area contributed by atoms with E-state index in [4.69, 9.17) is 17.3 Å². The number of nitrogen functional groups attached to an aromatic ring is 1. The van der Waals surface area contributed by atoms with Gasteiger partial charge in [-0.1, -0.05) is 11.6 Å². The van der Waals surface area contributed by atoms with Gasteiger partial charge >= 0.3 is 0 Å². The molecule has 0 radical (unpaired) electrons. The first-order chi connectivity index (χ1) is 9.83. The molecule has 0 bridgehead atoms. The molecule has 0 aliphatic carbocycles. The van der Waals surface area contributed by atoms with Gasteiger partial charge in [0.05, 0.1) is 5.69 Å². The number of halogens is 2. The standard InChI is InChI=1S/C13H12ClFN2O2S2/c1-20-10-4-2-9(3-5-10)17-21(18,19)12-7-8(14)6-11(16)13(12)15/h2-7,17H,16H2,1H3. The van der Waals surface area contributed by atoms with Crippen molar-refractivity contribution in [2.24, 2.45) is 0 Å². The van der Waals surface area contributed by atoms with Crippen LogP contribution < -0.4 is 10.5 Å². The fourth-order valence-corrected chi connectivity index (χ4v) is 3.54. The zero-order valence-corrected chi connectivity index (χ0v) is 13.3. The van der Waals surface area contributed by atoms with Crippen LogP contribution in [0.3, 0.4) is 0 Å². The number of hydrogen-bond acceptors (Lipinski definition) is 4. The molecule has 0 atom stereocenters.